The van der Waals surface area contributed by atoms with Crippen molar-refractivity contribution in [2.75, 3.05) is 5.43 Å². The second-order valence-electron chi connectivity index (χ2n) is 5.17. The van der Waals surface area contributed by atoms with Crippen LogP contribution in [0.4, 0.5) is 5.82 Å². The number of aromatic amines is 1. The lowest BCUT2D eigenvalue weighted by molar-refractivity contribution is 0.135. The Morgan fingerprint density at radius 2 is 2.05 bits per heavy atom. The van der Waals surface area contributed by atoms with Crippen molar-refractivity contribution in [3.8, 4) is 0 Å². The highest BCUT2D eigenvalue weighted by Gasteiger charge is 2.25. The molecule has 2 aromatic rings. The SMILES string of the molecule is CC1CCCC(C)N1Nc1ccc2n[nH]c(=O)n2n1. The van der Waals surface area contributed by atoms with Crippen LogP contribution in [0.3, 0.4) is 0 Å². The quantitative estimate of drug-likeness (QED) is 0.844. The van der Waals surface area contributed by atoms with Gasteiger partial charge in [-0.1, -0.05) is 6.42 Å². The maximum Gasteiger partial charge on any atom is 0.364 e. The molecule has 7 nitrogen and oxygen atoms in total. The van der Waals surface area contributed by atoms with E-state index in [0.29, 0.717) is 23.5 Å². The fourth-order valence-electron chi connectivity index (χ4n) is 2.64. The summed E-state index contributed by atoms with van der Waals surface area (Å²) in [6.45, 7) is 4.40. The number of nitrogens with one attached hydrogen (secondary N) is 2. The first-order valence-corrected chi connectivity index (χ1v) is 6.64. The summed E-state index contributed by atoms with van der Waals surface area (Å²) in [5.41, 5.74) is 3.51. The summed E-state index contributed by atoms with van der Waals surface area (Å²) >= 11 is 0. The van der Waals surface area contributed by atoms with Gasteiger partial charge in [0.2, 0.25) is 0 Å². The fraction of sp³-hybridized carbons (Fsp3) is 0.583. The van der Waals surface area contributed by atoms with Gasteiger partial charge < -0.3 is 5.43 Å². The molecule has 2 atom stereocenters. The summed E-state index contributed by atoms with van der Waals surface area (Å²) in [6.07, 6.45) is 3.60. The molecule has 1 aliphatic rings. The van der Waals surface area contributed by atoms with Gasteiger partial charge in [-0.25, -0.2) is 14.9 Å². The van der Waals surface area contributed by atoms with Gasteiger partial charge >= 0.3 is 5.69 Å². The van der Waals surface area contributed by atoms with E-state index in [2.05, 4.69) is 39.6 Å². The van der Waals surface area contributed by atoms with Crippen molar-refractivity contribution in [1.82, 2.24) is 24.8 Å². The molecule has 19 heavy (non-hydrogen) atoms. The van der Waals surface area contributed by atoms with Crippen LogP contribution in [0.5, 0.6) is 0 Å². The Kier molecular flexibility index (Phi) is 2.98. The van der Waals surface area contributed by atoms with E-state index < -0.39 is 0 Å². The average Bonchev–Trinajstić information content (AvgIpc) is 2.76. The molecule has 0 radical (unpaired) electrons. The molecular weight excluding hydrogens is 244 g/mol. The molecule has 1 aliphatic heterocycles. The van der Waals surface area contributed by atoms with E-state index >= 15 is 0 Å². The lowest BCUT2D eigenvalue weighted by Gasteiger charge is -2.38. The van der Waals surface area contributed by atoms with Crippen LogP contribution < -0.4 is 11.1 Å². The highest BCUT2D eigenvalue weighted by molar-refractivity contribution is 5.42. The number of aromatic nitrogens is 4. The second-order valence-corrected chi connectivity index (χ2v) is 5.17. The summed E-state index contributed by atoms with van der Waals surface area (Å²) < 4.78 is 1.27. The standard InChI is InChI=1S/C12H18N6O/c1-8-4-3-5-9(2)17(8)15-10-6-7-11-13-14-12(19)18(11)16-10/h6-9H,3-5H2,1-2H3,(H,14,19)(H,15,16). The van der Waals surface area contributed by atoms with E-state index in [0.717, 1.165) is 0 Å². The first kappa shape index (κ1) is 12.2. The molecule has 0 aliphatic carbocycles. The number of fused-ring (bicyclic) bond motifs is 1. The largest absolute Gasteiger partial charge is 0.364 e. The zero-order valence-electron chi connectivity index (χ0n) is 11.1. The van der Waals surface area contributed by atoms with E-state index in [1.54, 1.807) is 6.07 Å². The van der Waals surface area contributed by atoms with Gasteiger partial charge in [0.25, 0.3) is 0 Å². The van der Waals surface area contributed by atoms with Crippen molar-refractivity contribution in [1.29, 1.82) is 0 Å². The predicted molar refractivity (Wildman–Crippen MR) is 71.8 cm³/mol. The normalized spacial score (nSPS) is 24.7. The third kappa shape index (κ3) is 2.21. The Morgan fingerprint density at radius 3 is 2.79 bits per heavy atom. The number of anilines is 1. The molecule has 0 aromatic carbocycles. The van der Waals surface area contributed by atoms with E-state index in [9.17, 15) is 4.79 Å². The Hall–Kier alpha value is -1.89. The molecule has 0 spiro atoms. The van der Waals surface area contributed by atoms with E-state index in [1.165, 1.54) is 23.8 Å². The number of hydrazine groups is 1. The number of nitrogens with zero attached hydrogens (tertiary/aromatic N) is 4. The van der Waals surface area contributed by atoms with Crippen LogP contribution in [0.1, 0.15) is 33.1 Å². The Labute approximate surface area is 110 Å². The Bertz CT molecular complexity index is 622. The number of piperidine rings is 1. The van der Waals surface area contributed by atoms with Crippen LogP contribution in [0.25, 0.3) is 5.65 Å². The molecule has 0 saturated carbocycles. The Morgan fingerprint density at radius 1 is 1.32 bits per heavy atom. The average molecular weight is 262 g/mol. The Balaban J connectivity index is 1.87. The molecule has 1 fully saturated rings. The van der Waals surface area contributed by atoms with Crippen LogP contribution >= 0.6 is 0 Å². The summed E-state index contributed by atoms with van der Waals surface area (Å²) in [4.78, 5) is 11.5. The van der Waals surface area contributed by atoms with Crippen molar-refractivity contribution < 1.29 is 0 Å². The van der Waals surface area contributed by atoms with Crippen molar-refractivity contribution in [3.05, 3.63) is 22.6 Å². The molecule has 0 bridgehead atoms. The van der Waals surface area contributed by atoms with E-state index in [4.69, 9.17) is 0 Å². The third-order valence-electron chi connectivity index (χ3n) is 3.71. The predicted octanol–water partition coefficient (Wildman–Crippen LogP) is 1.01. The minimum Gasteiger partial charge on any atom is -0.301 e. The van der Waals surface area contributed by atoms with Gasteiger partial charge in [-0.05, 0) is 38.8 Å². The number of rotatable bonds is 2. The summed E-state index contributed by atoms with van der Waals surface area (Å²) in [7, 11) is 0. The maximum absolute atomic E-state index is 11.5. The monoisotopic (exact) mass is 262 g/mol. The zero-order chi connectivity index (χ0) is 13.4. The first-order chi connectivity index (χ1) is 9.15. The van der Waals surface area contributed by atoms with Crippen LogP contribution in [0, 0.1) is 0 Å². The molecule has 102 valence electrons. The van der Waals surface area contributed by atoms with Crippen molar-refractivity contribution in [3.63, 3.8) is 0 Å². The molecule has 1 saturated heterocycles. The van der Waals surface area contributed by atoms with Gasteiger partial charge in [-0.3, -0.25) is 0 Å². The topological polar surface area (TPSA) is 78.3 Å². The molecule has 2 aromatic heterocycles. The van der Waals surface area contributed by atoms with Crippen LogP contribution in [0.15, 0.2) is 16.9 Å². The van der Waals surface area contributed by atoms with Gasteiger partial charge in [0.15, 0.2) is 11.5 Å². The minimum atomic E-state index is -0.321. The molecule has 3 rings (SSSR count). The highest BCUT2D eigenvalue weighted by Crippen LogP contribution is 2.22. The van der Waals surface area contributed by atoms with Gasteiger partial charge in [0.1, 0.15) is 0 Å². The van der Waals surface area contributed by atoms with Crippen molar-refractivity contribution in [2.45, 2.75) is 45.2 Å². The number of hydrogen-bond donors (Lipinski definition) is 2. The number of hydrogen-bond acceptors (Lipinski definition) is 5. The molecule has 7 heteroatoms. The summed E-state index contributed by atoms with van der Waals surface area (Å²) in [5.74, 6) is 0.664. The van der Waals surface area contributed by atoms with Crippen LogP contribution in [-0.4, -0.2) is 36.9 Å². The van der Waals surface area contributed by atoms with Gasteiger partial charge in [-0.15, -0.1) is 5.10 Å². The third-order valence-corrected chi connectivity index (χ3v) is 3.71. The molecule has 0 amide bonds. The van der Waals surface area contributed by atoms with E-state index in [-0.39, 0.29) is 5.69 Å². The fourth-order valence-corrected chi connectivity index (χ4v) is 2.64. The van der Waals surface area contributed by atoms with Crippen molar-refractivity contribution in [2.24, 2.45) is 0 Å². The van der Waals surface area contributed by atoms with Gasteiger partial charge in [0.05, 0.1) is 0 Å². The first-order valence-electron chi connectivity index (χ1n) is 6.64. The lowest BCUT2D eigenvalue weighted by atomic mass is 10.00. The lowest BCUT2D eigenvalue weighted by Crippen LogP contribution is -2.47. The maximum atomic E-state index is 11.5. The van der Waals surface area contributed by atoms with E-state index in [1.807, 2.05) is 6.07 Å². The van der Waals surface area contributed by atoms with Gasteiger partial charge in [0, 0.05) is 12.1 Å². The highest BCUT2D eigenvalue weighted by atomic mass is 16.2. The zero-order valence-corrected chi connectivity index (χ0v) is 11.1. The summed E-state index contributed by atoms with van der Waals surface area (Å²) in [5, 5.41) is 12.7. The molecule has 2 N–H and O–H groups in total. The van der Waals surface area contributed by atoms with Crippen LogP contribution in [0.2, 0.25) is 0 Å². The smallest absolute Gasteiger partial charge is 0.301 e. The minimum absolute atomic E-state index is 0.321. The number of H-pyrrole nitrogens is 1. The molecular formula is C12H18N6O. The van der Waals surface area contributed by atoms with Crippen molar-refractivity contribution >= 4 is 11.5 Å². The van der Waals surface area contributed by atoms with Crippen LogP contribution in [-0.2, 0) is 0 Å². The molecule has 2 unspecified atom stereocenters. The summed E-state index contributed by atoms with van der Waals surface area (Å²) in [6, 6.07) is 4.53. The van der Waals surface area contributed by atoms with Gasteiger partial charge in [-0.2, -0.15) is 9.61 Å². The molecule has 3 heterocycles. The second kappa shape index (κ2) is 4.65.